The van der Waals surface area contributed by atoms with Gasteiger partial charge in [0, 0.05) is 12.0 Å². The summed E-state index contributed by atoms with van der Waals surface area (Å²) in [6, 6.07) is 0. The van der Waals surface area contributed by atoms with E-state index in [0.29, 0.717) is 0 Å². The van der Waals surface area contributed by atoms with E-state index in [9.17, 15) is 0 Å². The molecule has 1 atom stereocenters. The lowest BCUT2D eigenvalue weighted by Gasteiger charge is -2.46. The highest BCUT2D eigenvalue weighted by atomic mass is 35.6. The first kappa shape index (κ1) is 18.8. The molecule has 8 heteroatoms. The molecule has 0 amide bonds. The molecule has 1 rings (SSSR count). The van der Waals surface area contributed by atoms with Crippen LogP contribution in [0, 0.1) is 5.41 Å². The molecule has 0 saturated heterocycles. The molecular formula is C12H20Cl5N3. The highest BCUT2D eigenvalue weighted by molar-refractivity contribution is 6.75. The predicted molar refractivity (Wildman–Crippen MR) is 89.9 cm³/mol. The molecule has 1 aliphatic heterocycles. The summed E-state index contributed by atoms with van der Waals surface area (Å²) in [7, 11) is 0. The van der Waals surface area contributed by atoms with Crippen LogP contribution in [0.1, 0.15) is 40.5 Å². The van der Waals surface area contributed by atoms with Crippen LogP contribution in [0.25, 0.3) is 0 Å². The van der Waals surface area contributed by atoms with Gasteiger partial charge in [-0.15, -0.1) is 0 Å². The lowest BCUT2D eigenvalue weighted by molar-refractivity contribution is 0.0232. The zero-order valence-corrected chi connectivity index (χ0v) is 15.8. The second-order valence-electron chi connectivity index (χ2n) is 5.93. The van der Waals surface area contributed by atoms with Crippen LogP contribution in [-0.2, 0) is 0 Å². The molecule has 20 heavy (non-hydrogen) atoms. The molecule has 0 aliphatic carbocycles. The van der Waals surface area contributed by atoms with Crippen LogP contribution in [-0.4, -0.2) is 37.2 Å². The Morgan fingerprint density at radius 3 is 2.05 bits per heavy atom. The van der Waals surface area contributed by atoms with Crippen molar-refractivity contribution in [1.82, 2.24) is 9.91 Å². The summed E-state index contributed by atoms with van der Waals surface area (Å²) in [5.74, 6) is 0. The Kier molecular flexibility index (Phi) is 6.06. The lowest BCUT2D eigenvalue weighted by atomic mass is 9.91. The van der Waals surface area contributed by atoms with Gasteiger partial charge >= 0.3 is 0 Å². The summed E-state index contributed by atoms with van der Waals surface area (Å²) in [5.41, 5.74) is -0.171. The van der Waals surface area contributed by atoms with Gasteiger partial charge in [0.25, 0.3) is 0 Å². The molecule has 118 valence electrons. The Morgan fingerprint density at radius 2 is 1.65 bits per heavy atom. The zero-order valence-electron chi connectivity index (χ0n) is 12.0. The molecule has 0 fully saturated rings. The van der Waals surface area contributed by atoms with Gasteiger partial charge in [0.05, 0.1) is 0 Å². The molecule has 0 radical (unpaired) electrons. The van der Waals surface area contributed by atoms with Gasteiger partial charge < -0.3 is 4.90 Å². The summed E-state index contributed by atoms with van der Waals surface area (Å²) in [5, 5.41) is 6.32. The summed E-state index contributed by atoms with van der Waals surface area (Å²) in [6.45, 7) is 9.13. The quantitative estimate of drug-likeness (QED) is 0.489. The van der Waals surface area contributed by atoms with Crippen LogP contribution >= 0.6 is 58.0 Å². The average Bonchev–Trinajstić information content (AvgIpc) is 2.68. The van der Waals surface area contributed by atoms with Crippen molar-refractivity contribution in [1.29, 1.82) is 0 Å². The molecular weight excluding hydrogens is 363 g/mol. The van der Waals surface area contributed by atoms with Crippen molar-refractivity contribution >= 4 is 64.3 Å². The largest absolute Gasteiger partial charge is 0.303 e. The SMILES string of the molecule is CCCCN1N=CN(C(Cl)(Cl)C(Cl)(Cl)Cl)C1C(C)(C)C. The third-order valence-corrected chi connectivity index (χ3v) is 5.41. The van der Waals surface area contributed by atoms with Crippen molar-refractivity contribution < 1.29 is 0 Å². The molecule has 1 aliphatic rings. The monoisotopic (exact) mass is 381 g/mol. The van der Waals surface area contributed by atoms with Crippen LogP contribution in [0.2, 0.25) is 0 Å². The lowest BCUT2D eigenvalue weighted by Crippen LogP contribution is -2.58. The molecule has 0 aromatic rings. The van der Waals surface area contributed by atoms with Gasteiger partial charge in [-0.2, -0.15) is 5.10 Å². The number of unbranched alkanes of at least 4 members (excludes halogenated alkanes) is 1. The maximum absolute atomic E-state index is 6.30. The van der Waals surface area contributed by atoms with Gasteiger partial charge in [-0.3, -0.25) is 5.01 Å². The first-order valence-corrected chi connectivity index (χ1v) is 8.35. The van der Waals surface area contributed by atoms with Crippen molar-refractivity contribution in [3.05, 3.63) is 0 Å². The highest BCUT2D eigenvalue weighted by Crippen LogP contribution is 2.51. The molecule has 0 spiro atoms. The summed E-state index contributed by atoms with van der Waals surface area (Å²) in [6.07, 6.45) is 3.45. The molecule has 3 nitrogen and oxygen atoms in total. The molecule has 0 aromatic heterocycles. The Morgan fingerprint density at radius 1 is 1.10 bits per heavy atom. The number of rotatable bonds is 4. The Bertz CT molecular complexity index is 359. The van der Waals surface area contributed by atoms with Crippen LogP contribution in [0.15, 0.2) is 5.10 Å². The maximum Gasteiger partial charge on any atom is 0.241 e. The minimum Gasteiger partial charge on any atom is -0.303 e. The molecule has 0 N–H and O–H groups in total. The van der Waals surface area contributed by atoms with Crippen LogP contribution in [0.3, 0.4) is 0 Å². The van der Waals surface area contributed by atoms with E-state index in [0.717, 1.165) is 19.4 Å². The van der Waals surface area contributed by atoms with Crippen LogP contribution in [0.4, 0.5) is 0 Å². The van der Waals surface area contributed by atoms with E-state index in [-0.39, 0.29) is 11.6 Å². The van der Waals surface area contributed by atoms with E-state index < -0.39 is 8.25 Å². The van der Waals surface area contributed by atoms with Gasteiger partial charge in [-0.05, 0) is 6.42 Å². The first-order valence-electron chi connectivity index (χ1n) is 6.46. The minimum atomic E-state index is -1.85. The molecule has 1 heterocycles. The van der Waals surface area contributed by atoms with Crippen LogP contribution in [0.5, 0.6) is 0 Å². The molecule has 0 bridgehead atoms. The van der Waals surface area contributed by atoms with E-state index in [2.05, 4.69) is 32.8 Å². The summed E-state index contributed by atoms with van der Waals surface area (Å²) >= 11 is 30.3. The fourth-order valence-corrected chi connectivity index (χ4v) is 2.69. The number of alkyl halides is 5. The number of halogens is 5. The van der Waals surface area contributed by atoms with Gasteiger partial charge in [0.1, 0.15) is 12.5 Å². The molecule has 0 saturated carbocycles. The fraction of sp³-hybridized carbons (Fsp3) is 0.917. The smallest absolute Gasteiger partial charge is 0.241 e. The summed E-state index contributed by atoms with van der Waals surface area (Å²) < 4.78 is -3.55. The maximum atomic E-state index is 6.30. The third-order valence-electron chi connectivity index (χ3n) is 3.05. The second-order valence-corrected chi connectivity index (χ2v) is 9.50. The highest BCUT2D eigenvalue weighted by Gasteiger charge is 2.56. The van der Waals surface area contributed by atoms with Gasteiger partial charge in [0.15, 0.2) is 0 Å². The standard InChI is InChI=1S/C12H20Cl5N3/c1-5-6-7-20-9(10(2,3)4)19(8-18-20)12(16,17)11(13,14)15/h8-9H,5-7H2,1-4H3. The van der Waals surface area contributed by atoms with Crippen LogP contribution < -0.4 is 0 Å². The van der Waals surface area contributed by atoms with Gasteiger partial charge in [-0.1, -0.05) is 92.1 Å². The van der Waals surface area contributed by atoms with Crippen molar-refractivity contribution in [2.75, 3.05) is 6.54 Å². The molecule has 0 aromatic carbocycles. The van der Waals surface area contributed by atoms with E-state index in [4.69, 9.17) is 58.0 Å². The zero-order chi connectivity index (χ0) is 15.8. The van der Waals surface area contributed by atoms with Crippen molar-refractivity contribution in [3.8, 4) is 0 Å². The van der Waals surface area contributed by atoms with E-state index >= 15 is 0 Å². The first-order chi connectivity index (χ1) is 8.93. The summed E-state index contributed by atoms with van der Waals surface area (Å²) in [4.78, 5) is 1.61. The fourth-order valence-electron chi connectivity index (χ4n) is 2.13. The third kappa shape index (κ3) is 3.92. The Labute approximate surface area is 146 Å². The number of hydrogen-bond donors (Lipinski definition) is 0. The Hall–Kier alpha value is 0.720. The van der Waals surface area contributed by atoms with Gasteiger partial charge in [-0.25, -0.2) is 0 Å². The number of hydrazone groups is 1. The average molecular weight is 384 g/mol. The van der Waals surface area contributed by atoms with E-state index in [1.807, 2.05) is 5.01 Å². The second kappa shape index (κ2) is 6.45. The minimum absolute atomic E-state index is 0.171. The number of hydrogen-bond acceptors (Lipinski definition) is 3. The molecule has 1 unspecified atom stereocenters. The van der Waals surface area contributed by atoms with Crippen molar-refractivity contribution in [2.24, 2.45) is 10.5 Å². The predicted octanol–water partition coefficient (Wildman–Crippen LogP) is 5.22. The van der Waals surface area contributed by atoms with E-state index in [1.54, 1.807) is 11.2 Å². The number of nitrogens with zero attached hydrogens (tertiary/aromatic N) is 3. The van der Waals surface area contributed by atoms with Crippen molar-refractivity contribution in [3.63, 3.8) is 0 Å². The van der Waals surface area contributed by atoms with E-state index in [1.165, 1.54) is 0 Å². The van der Waals surface area contributed by atoms with Gasteiger partial charge in [0.2, 0.25) is 8.25 Å². The normalized spacial score (nSPS) is 20.9. The van der Waals surface area contributed by atoms with Crippen molar-refractivity contribution in [2.45, 2.75) is 55.0 Å². The Balaban J connectivity index is 3.06. The topological polar surface area (TPSA) is 18.8 Å².